The molecule has 0 saturated heterocycles. The number of rotatable bonds is 1. The van der Waals surface area contributed by atoms with Crippen molar-refractivity contribution in [2.75, 3.05) is 0 Å². The first-order valence-corrected chi connectivity index (χ1v) is 3.70. The van der Waals surface area contributed by atoms with E-state index in [9.17, 15) is 4.79 Å². The van der Waals surface area contributed by atoms with Crippen molar-refractivity contribution in [1.29, 1.82) is 0 Å². The van der Waals surface area contributed by atoms with Crippen LogP contribution in [-0.4, -0.2) is 10.9 Å². The van der Waals surface area contributed by atoms with Crippen molar-refractivity contribution in [3.63, 3.8) is 0 Å². The number of aliphatic hydroxyl groups is 1. The number of ketones is 1. The maximum Gasteiger partial charge on any atom is 0.197 e. The number of Topliss-reactive ketones (excluding diaryl/α,β-unsaturated/α-hetero) is 1. The molecule has 0 unspecified atom stereocenters. The first kappa shape index (κ1) is 7.32. The van der Waals surface area contributed by atoms with E-state index in [1.807, 2.05) is 6.92 Å². The van der Waals surface area contributed by atoms with Gasteiger partial charge in [0.1, 0.15) is 0 Å². The maximum absolute atomic E-state index is 10.9. The molecule has 1 aliphatic rings. The lowest BCUT2D eigenvalue weighted by Crippen LogP contribution is -2.10. The van der Waals surface area contributed by atoms with Crippen LogP contribution in [0, 0.1) is 0 Å². The summed E-state index contributed by atoms with van der Waals surface area (Å²) in [5.74, 6) is -0.0446. The van der Waals surface area contributed by atoms with Gasteiger partial charge in [0.05, 0.1) is 0 Å². The van der Waals surface area contributed by atoms with Crippen molar-refractivity contribution >= 4 is 5.78 Å². The molecule has 0 atom stereocenters. The van der Waals surface area contributed by atoms with Gasteiger partial charge in [0.15, 0.2) is 11.5 Å². The van der Waals surface area contributed by atoms with Gasteiger partial charge in [0.25, 0.3) is 0 Å². The summed E-state index contributed by atoms with van der Waals surface area (Å²) in [5.41, 5.74) is 0.927. The van der Waals surface area contributed by atoms with Gasteiger partial charge in [-0.2, -0.15) is 0 Å². The summed E-state index contributed by atoms with van der Waals surface area (Å²) >= 11 is 0. The van der Waals surface area contributed by atoms with E-state index < -0.39 is 0 Å². The van der Waals surface area contributed by atoms with Crippen LogP contribution in [-0.2, 0) is 4.79 Å². The zero-order valence-electron chi connectivity index (χ0n) is 6.18. The van der Waals surface area contributed by atoms with E-state index in [0.717, 1.165) is 24.8 Å². The maximum atomic E-state index is 10.9. The zero-order chi connectivity index (χ0) is 7.56. The molecule has 0 bridgehead atoms. The van der Waals surface area contributed by atoms with Crippen LogP contribution in [0.5, 0.6) is 0 Å². The fourth-order valence-electron chi connectivity index (χ4n) is 1.24. The second-order valence-electron chi connectivity index (χ2n) is 2.58. The van der Waals surface area contributed by atoms with Gasteiger partial charge in [-0.05, 0) is 24.8 Å². The van der Waals surface area contributed by atoms with Crippen LogP contribution >= 0.6 is 0 Å². The second kappa shape index (κ2) is 2.86. The summed E-state index contributed by atoms with van der Waals surface area (Å²) in [4.78, 5) is 10.9. The number of hydrogen-bond acceptors (Lipinski definition) is 2. The quantitative estimate of drug-likeness (QED) is 0.604. The molecule has 0 saturated carbocycles. The molecule has 0 aliphatic heterocycles. The summed E-state index contributed by atoms with van der Waals surface area (Å²) in [6.07, 6.45) is 3.13. The van der Waals surface area contributed by atoms with E-state index in [2.05, 4.69) is 0 Å². The predicted octanol–water partition coefficient (Wildman–Crippen LogP) is 1.96. The molecule has 1 aliphatic carbocycles. The molecular formula is C8H12O2. The Morgan fingerprint density at radius 3 is 2.70 bits per heavy atom. The molecule has 1 rings (SSSR count). The van der Waals surface area contributed by atoms with E-state index in [-0.39, 0.29) is 11.5 Å². The van der Waals surface area contributed by atoms with Crippen LogP contribution in [0.25, 0.3) is 0 Å². The summed E-state index contributed by atoms with van der Waals surface area (Å²) in [5, 5.41) is 9.17. The van der Waals surface area contributed by atoms with Crippen LogP contribution in [0.4, 0.5) is 0 Å². The smallest absolute Gasteiger partial charge is 0.197 e. The molecule has 0 heterocycles. The van der Waals surface area contributed by atoms with E-state index in [0.29, 0.717) is 6.42 Å². The molecule has 10 heavy (non-hydrogen) atoms. The molecule has 2 nitrogen and oxygen atoms in total. The van der Waals surface area contributed by atoms with E-state index in [1.165, 1.54) is 0 Å². The highest BCUT2D eigenvalue weighted by Gasteiger charge is 2.17. The number of carbonyl (C=O) groups excluding carboxylic acids is 1. The van der Waals surface area contributed by atoms with Gasteiger partial charge in [-0.15, -0.1) is 0 Å². The molecular weight excluding hydrogens is 128 g/mol. The van der Waals surface area contributed by atoms with E-state index >= 15 is 0 Å². The third-order valence-corrected chi connectivity index (χ3v) is 1.91. The minimum atomic E-state index is -0.0805. The number of aliphatic hydroxyl groups excluding tert-OH is 1. The summed E-state index contributed by atoms with van der Waals surface area (Å²) in [6, 6.07) is 0. The normalized spacial score (nSPS) is 19.9. The fourth-order valence-corrected chi connectivity index (χ4v) is 1.24. The van der Waals surface area contributed by atoms with Gasteiger partial charge in [0, 0.05) is 6.42 Å². The molecule has 56 valence electrons. The van der Waals surface area contributed by atoms with Crippen molar-refractivity contribution in [2.24, 2.45) is 0 Å². The second-order valence-corrected chi connectivity index (χ2v) is 2.58. The monoisotopic (exact) mass is 140 g/mol. The number of allylic oxidation sites excluding steroid dienone is 2. The van der Waals surface area contributed by atoms with Crippen molar-refractivity contribution in [3.05, 3.63) is 11.3 Å². The van der Waals surface area contributed by atoms with Gasteiger partial charge < -0.3 is 5.11 Å². The van der Waals surface area contributed by atoms with E-state index in [4.69, 9.17) is 5.11 Å². The molecule has 0 radical (unpaired) electrons. The lowest BCUT2D eigenvalue weighted by Gasteiger charge is -2.12. The minimum Gasteiger partial charge on any atom is -0.504 e. The standard InChI is InChI=1S/C8H12O2/c1-2-6-4-3-5-7(9)8(6)10/h10H,2-5H2,1H3. The van der Waals surface area contributed by atoms with Gasteiger partial charge in [-0.3, -0.25) is 4.79 Å². The van der Waals surface area contributed by atoms with Crippen LogP contribution in [0.3, 0.4) is 0 Å². The predicted molar refractivity (Wildman–Crippen MR) is 38.8 cm³/mol. The third-order valence-electron chi connectivity index (χ3n) is 1.91. The summed E-state index contributed by atoms with van der Waals surface area (Å²) in [6.45, 7) is 1.96. The fraction of sp³-hybridized carbons (Fsp3) is 0.625. The molecule has 0 fully saturated rings. The molecule has 0 amide bonds. The Morgan fingerprint density at radius 2 is 2.20 bits per heavy atom. The zero-order valence-corrected chi connectivity index (χ0v) is 6.18. The van der Waals surface area contributed by atoms with Crippen molar-refractivity contribution in [1.82, 2.24) is 0 Å². The molecule has 2 heteroatoms. The van der Waals surface area contributed by atoms with Crippen LogP contribution in [0.15, 0.2) is 11.3 Å². The van der Waals surface area contributed by atoms with Gasteiger partial charge in [-0.25, -0.2) is 0 Å². The van der Waals surface area contributed by atoms with Crippen molar-refractivity contribution < 1.29 is 9.90 Å². The van der Waals surface area contributed by atoms with Gasteiger partial charge in [-0.1, -0.05) is 6.92 Å². The summed E-state index contributed by atoms with van der Waals surface area (Å²) < 4.78 is 0. The van der Waals surface area contributed by atoms with Crippen molar-refractivity contribution in [2.45, 2.75) is 32.6 Å². The number of hydrogen-bond donors (Lipinski definition) is 1. The molecule has 0 aromatic heterocycles. The first-order valence-electron chi connectivity index (χ1n) is 3.70. The lowest BCUT2D eigenvalue weighted by atomic mass is 9.95. The Bertz CT molecular complexity index is 180. The highest BCUT2D eigenvalue weighted by Crippen LogP contribution is 2.21. The molecule has 0 aromatic carbocycles. The van der Waals surface area contributed by atoms with Gasteiger partial charge in [0.2, 0.25) is 0 Å². The molecule has 0 spiro atoms. The topological polar surface area (TPSA) is 37.3 Å². The third kappa shape index (κ3) is 1.20. The Labute approximate surface area is 60.6 Å². The Morgan fingerprint density at radius 1 is 1.50 bits per heavy atom. The summed E-state index contributed by atoms with van der Waals surface area (Å²) in [7, 11) is 0. The highest BCUT2D eigenvalue weighted by atomic mass is 16.3. The van der Waals surface area contributed by atoms with Crippen LogP contribution in [0.1, 0.15) is 32.6 Å². The Hall–Kier alpha value is -0.790. The van der Waals surface area contributed by atoms with Crippen LogP contribution < -0.4 is 0 Å². The number of carbonyl (C=O) groups is 1. The largest absolute Gasteiger partial charge is 0.504 e. The van der Waals surface area contributed by atoms with E-state index in [1.54, 1.807) is 0 Å². The average Bonchev–Trinajstić information content (AvgIpc) is 1.95. The molecule has 0 aromatic rings. The lowest BCUT2D eigenvalue weighted by molar-refractivity contribution is -0.118. The van der Waals surface area contributed by atoms with Gasteiger partial charge >= 0.3 is 0 Å². The van der Waals surface area contributed by atoms with Crippen LogP contribution in [0.2, 0.25) is 0 Å². The van der Waals surface area contributed by atoms with Crippen molar-refractivity contribution in [3.8, 4) is 0 Å². The first-order chi connectivity index (χ1) is 4.75. The molecule has 1 N–H and O–H groups in total. The highest BCUT2D eigenvalue weighted by molar-refractivity contribution is 5.94. The SMILES string of the molecule is CCC1=C(O)C(=O)CCC1. The average molecular weight is 140 g/mol. The minimum absolute atomic E-state index is 0.0359. The Balaban J connectivity index is 2.82. The Kier molecular flexibility index (Phi) is 2.10.